The van der Waals surface area contributed by atoms with E-state index in [4.69, 9.17) is 0 Å². The normalized spacial score (nSPS) is 12.2. The van der Waals surface area contributed by atoms with Crippen LogP contribution in [0.2, 0.25) is 0 Å². The molecule has 0 heterocycles. The Bertz CT molecular complexity index is 557. The van der Waals surface area contributed by atoms with Gasteiger partial charge in [0.15, 0.2) is 11.6 Å². The lowest BCUT2D eigenvalue weighted by Gasteiger charge is -2.16. The first-order valence-corrected chi connectivity index (χ1v) is 6.33. The van der Waals surface area contributed by atoms with Gasteiger partial charge in [0.05, 0.1) is 6.04 Å². The number of hydrogen-bond donors (Lipinski definition) is 1. The smallest absolute Gasteiger partial charge is 0.164 e. The van der Waals surface area contributed by atoms with Crippen molar-refractivity contribution in [2.75, 3.05) is 5.32 Å². The van der Waals surface area contributed by atoms with Crippen molar-refractivity contribution >= 4 is 21.6 Å². The maximum atomic E-state index is 13.6. The van der Waals surface area contributed by atoms with Gasteiger partial charge in [-0.2, -0.15) is 0 Å². The molecule has 0 saturated heterocycles. The van der Waals surface area contributed by atoms with Gasteiger partial charge in [0.1, 0.15) is 0 Å². The molecule has 1 unspecified atom stereocenters. The molecule has 0 aliphatic carbocycles. The molecule has 0 amide bonds. The molecular weight excluding hydrogens is 300 g/mol. The summed E-state index contributed by atoms with van der Waals surface area (Å²) in [5.41, 5.74) is 1.16. The number of hydrogen-bond acceptors (Lipinski definition) is 1. The van der Waals surface area contributed by atoms with Crippen LogP contribution in [0.5, 0.6) is 0 Å². The van der Waals surface area contributed by atoms with E-state index in [1.165, 1.54) is 6.07 Å². The third kappa shape index (κ3) is 2.88. The molecule has 0 aliphatic rings. The van der Waals surface area contributed by atoms with Crippen molar-refractivity contribution in [2.45, 2.75) is 13.0 Å². The topological polar surface area (TPSA) is 12.0 Å². The molecule has 2 aromatic carbocycles. The minimum Gasteiger partial charge on any atom is -0.378 e. The van der Waals surface area contributed by atoms with Crippen LogP contribution >= 0.6 is 15.9 Å². The van der Waals surface area contributed by atoms with Crippen molar-refractivity contribution in [3.63, 3.8) is 0 Å². The molecule has 1 atom stereocenters. The van der Waals surface area contributed by atoms with E-state index in [-0.39, 0.29) is 6.04 Å². The molecule has 2 rings (SSSR count). The summed E-state index contributed by atoms with van der Waals surface area (Å²) in [7, 11) is 0. The summed E-state index contributed by atoms with van der Waals surface area (Å²) in [6, 6.07) is 11.4. The third-order valence-electron chi connectivity index (χ3n) is 2.66. The third-order valence-corrected chi connectivity index (χ3v) is 3.15. The molecule has 1 N–H and O–H groups in total. The SMILES string of the molecule is CC(Nc1cccc(Br)c1)c1cccc(F)c1F. The first-order chi connectivity index (χ1) is 8.58. The second kappa shape index (κ2) is 5.48. The van der Waals surface area contributed by atoms with Crippen molar-refractivity contribution in [3.05, 3.63) is 64.1 Å². The Hall–Kier alpha value is -1.42. The summed E-state index contributed by atoms with van der Waals surface area (Å²) in [4.78, 5) is 0. The van der Waals surface area contributed by atoms with Crippen molar-refractivity contribution in [2.24, 2.45) is 0 Å². The number of benzene rings is 2. The number of anilines is 1. The summed E-state index contributed by atoms with van der Waals surface area (Å²) in [6.45, 7) is 1.79. The van der Waals surface area contributed by atoms with E-state index in [0.29, 0.717) is 5.56 Å². The van der Waals surface area contributed by atoms with Gasteiger partial charge < -0.3 is 5.32 Å². The standard InChI is InChI=1S/C14H12BrF2N/c1-9(12-6-3-7-13(16)14(12)17)18-11-5-2-4-10(15)8-11/h2-9,18H,1H3. The monoisotopic (exact) mass is 311 g/mol. The zero-order chi connectivity index (χ0) is 13.1. The van der Waals surface area contributed by atoms with Gasteiger partial charge in [-0.1, -0.05) is 34.1 Å². The lowest BCUT2D eigenvalue weighted by Crippen LogP contribution is -2.09. The van der Waals surface area contributed by atoms with Crippen LogP contribution in [0, 0.1) is 11.6 Å². The fourth-order valence-corrected chi connectivity index (χ4v) is 2.16. The van der Waals surface area contributed by atoms with E-state index in [2.05, 4.69) is 21.2 Å². The van der Waals surface area contributed by atoms with Crippen molar-refractivity contribution < 1.29 is 8.78 Å². The summed E-state index contributed by atoms with van der Waals surface area (Å²) in [5, 5.41) is 3.13. The predicted octanol–water partition coefficient (Wildman–Crippen LogP) is 4.90. The molecule has 2 aromatic rings. The van der Waals surface area contributed by atoms with Crippen LogP contribution < -0.4 is 5.32 Å². The Morgan fingerprint density at radius 3 is 2.56 bits per heavy atom. The molecule has 0 aromatic heterocycles. The maximum Gasteiger partial charge on any atom is 0.164 e. The Balaban J connectivity index is 2.22. The van der Waals surface area contributed by atoms with Gasteiger partial charge in [0.25, 0.3) is 0 Å². The molecule has 1 nitrogen and oxygen atoms in total. The Labute approximate surface area is 113 Å². The van der Waals surface area contributed by atoms with Gasteiger partial charge in [0.2, 0.25) is 0 Å². The van der Waals surface area contributed by atoms with Gasteiger partial charge in [-0.05, 0) is 31.2 Å². The summed E-state index contributed by atoms with van der Waals surface area (Å²) in [6.07, 6.45) is 0. The van der Waals surface area contributed by atoms with Crippen LogP contribution in [0.25, 0.3) is 0 Å². The van der Waals surface area contributed by atoms with Gasteiger partial charge in [-0.3, -0.25) is 0 Å². The molecule has 0 spiro atoms. The largest absolute Gasteiger partial charge is 0.378 e. The number of halogens is 3. The highest BCUT2D eigenvalue weighted by molar-refractivity contribution is 9.10. The molecule has 0 saturated carbocycles. The molecule has 0 radical (unpaired) electrons. The summed E-state index contributed by atoms with van der Waals surface area (Å²) >= 11 is 3.36. The van der Waals surface area contributed by atoms with E-state index < -0.39 is 11.6 Å². The average molecular weight is 312 g/mol. The first-order valence-electron chi connectivity index (χ1n) is 5.54. The summed E-state index contributed by atoms with van der Waals surface area (Å²) in [5.74, 6) is -1.62. The zero-order valence-electron chi connectivity index (χ0n) is 9.75. The molecule has 94 valence electrons. The van der Waals surface area contributed by atoms with E-state index >= 15 is 0 Å². The zero-order valence-corrected chi connectivity index (χ0v) is 11.3. The van der Waals surface area contributed by atoms with E-state index in [1.807, 2.05) is 24.3 Å². The highest BCUT2D eigenvalue weighted by atomic mass is 79.9. The predicted molar refractivity (Wildman–Crippen MR) is 72.5 cm³/mol. The minimum absolute atomic E-state index is 0.310. The highest BCUT2D eigenvalue weighted by Gasteiger charge is 2.13. The van der Waals surface area contributed by atoms with Crippen LogP contribution in [-0.4, -0.2) is 0 Å². The van der Waals surface area contributed by atoms with Crippen molar-refractivity contribution in [1.29, 1.82) is 0 Å². The first kappa shape index (κ1) is 13.0. The fourth-order valence-electron chi connectivity index (χ4n) is 1.76. The molecule has 0 fully saturated rings. The Morgan fingerprint density at radius 2 is 1.83 bits per heavy atom. The molecule has 4 heteroatoms. The fraction of sp³-hybridized carbons (Fsp3) is 0.143. The second-order valence-electron chi connectivity index (χ2n) is 4.02. The highest BCUT2D eigenvalue weighted by Crippen LogP contribution is 2.24. The molecule has 0 bridgehead atoms. The average Bonchev–Trinajstić information content (AvgIpc) is 2.32. The van der Waals surface area contributed by atoms with Crippen molar-refractivity contribution in [3.8, 4) is 0 Å². The molecule has 0 aliphatic heterocycles. The van der Waals surface area contributed by atoms with E-state index in [1.54, 1.807) is 13.0 Å². The van der Waals surface area contributed by atoms with Crippen LogP contribution in [0.4, 0.5) is 14.5 Å². The molecular formula is C14H12BrF2N. The summed E-state index contributed by atoms with van der Waals surface area (Å²) < 4.78 is 27.7. The van der Waals surface area contributed by atoms with Gasteiger partial charge in [-0.25, -0.2) is 8.78 Å². The van der Waals surface area contributed by atoms with E-state index in [0.717, 1.165) is 16.2 Å². The molecule has 18 heavy (non-hydrogen) atoms. The van der Waals surface area contributed by atoms with Crippen LogP contribution in [0.3, 0.4) is 0 Å². The lowest BCUT2D eigenvalue weighted by molar-refractivity contribution is 0.494. The van der Waals surface area contributed by atoms with Gasteiger partial charge >= 0.3 is 0 Å². The van der Waals surface area contributed by atoms with Crippen LogP contribution in [0.1, 0.15) is 18.5 Å². The maximum absolute atomic E-state index is 13.6. The second-order valence-corrected chi connectivity index (χ2v) is 4.94. The van der Waals surface area contributed by atoms with Gasteiger partial charge in [0, 0.05) is 15.7 Å². The lowest BCUT2D eigenvalue weighted by atomic mass is 10.1. The Kier molecular flexibility index (Phi) is 3.97. The van der Waals surface area contributed by atoms with Crippen molar-refractivity contribution in [1.82, 2.24) is 0 Å². The number of rotatable bonds is 3. The quantitative estimate of drug-likeness (QED) is 0.850. The minimum atomic E-state index is -0.824. The van der Waals surface area contributed by atoms with Crippen LogP contribution in [0.15, 0.2) is 46.9 Å². The van der Waals surface area contributed by atoms with E-state index in [9.17, 15) is 8.78 Å². The van der Waals surface area contributed by atoms with Crippen LogP contribution in [-0.2, 0) is 0 Å². The Morgan fingerprint density at radius 1 is 1.11 bits per heavy atom. The van der Waals surface area contributed by atoms with Gasteiger partial charge in [-0.15, -0.1) is 0 Å². The number of nitrogens with one attached hydrogen (secondary N) is 1.